The zero-order chi connectivity index (χ0) is 11.7. The molecule has 0 amide bonds. The van der Waals surface area contributed by atoms with E-state index in [2.05, 4.69) is 50.8 Å². The fourth-order valence-corrected chi connectivity index (χ4v) is 1.25. The van der Waals surface area contributed by atoms with E-state index in [1.165, 1.54) is 16.7 Å². The van der Waals surface area contributed by atoms with Gasteiger partial charge in [0.1, 0.15) is 0 Å². The first-order chi connectivity index (χ1) is 7.27. The van der Waals surface area contributed by atoms with Crippen molar-refractivity contribution in [2.24, 2.45) is 0 Å². The van der Waals surface area contributed by atoms with Gasteiger partial charge in [-0.2, -0.15) is 0 Å². The maximum atomic E-state index is 3.79. The molecule has 1 rings (SSSR count). The van der Waals surface area contributed by atoms with Crippen molar-refractivity contribution in [1.29, 1.82) is 0 Å². The van der Waals surface area contributed by atoms with E-state index in [0.717, 1.165) is 6.42 Å². The summed E-state index contributed by atoms with van der Waals surface area (Å²) in [6.45, 7) is 12.1. The normalized spacial score (nSPS) is 10.3. The molecule has 1 aromatic carbocycles. The molecule has 0 heteroatoms. The molecule has 0 aromatic heterocycles. The van der Waals surface area contributed by atoms with E-state index in [-0.39, 0.29) is 0 Å². The smallest absolute Gasteiger partial charge is 0.0225 e. The molecule has 0 radical (unpaired) electrons. The highest BCUT2D eigenvalue weighted by Gasteiger charge is 1.93. The van der Waals surface area contributed by atoms with Crippen molar-refractivity contribution in [2.75, 3.05) is 0 Å². The molecule has 0 fully saturated rings. The van der Waals surface area contributed by atoms with Crippen LogP contribution in [-0.2, 0) is 0 Å². The average molecular weight is 202 g/mol. The van der Waals surface area contributed by atoms with E-state index in [0.29, 0.717) is 0 Å². The topological polar surface area (TPSA) is 0 Å². The van der Waals surface area contributed by atoms with Gasteiger partial charge < -0.3 is 0 Å². The van der Waals surface area contributed by atoms with Crippen LogP contribution >= 0.6 is 0 Å². The van der Waals surface area contributed by atoms with Crippen LogP contribution in [-0.4, -0.2) is 0 Å². The Morgan fingerprint density at radius 2 is 1.87 bits per heavy atom. The quantitative estimate of drug-likeness (QED) is 0.605. The summed E-state index contributed by atoms with van der Waals surface area (Å²) in [6, 6.07) is 8.39. The zero-order valence-electron chi connectivity index (χ0n) is 10.4. The highest BCUT2D eigenvalue weighted by Crippen LogP contribution is 2.13. The minimum Gasteiger partial charge on any atom is -0.0988 e. The largest absolute Gasteiger partial charge is 0.0988 e. The maximum absolute atomic E-state index is 3.79. The SMILES string of the molecule is C=C/C(=C\c1ccccc1C)CC.CC. The molecule has 0 spiro atoms. The van der Waals surface area contributed by atoms with E-state index >= 15 is 0 Å². The molecule has 0 nitrogen and oxygen atoms in total. The first-order valence-corrected chi connectivity index (χ1v) is 5.66. The summed E-state index contributed by atoms with van der Waals surface area (Å²) >= 11 is 0. The Balaban J connectivity index is 0.000000921. The third-order valence-electron chi connectivity index (χ3n) is 2.20. The molecule has 0 saturated heterocycles. The summed E-state index contributed by atoms with van der Waals surface area (Å²) in [4.78, 5) is 0. The van der Waals surface area contributed by atoms with Crippen LogP contribution in [0.5, 0.6) is 0 Å². The molecular weight excluding hydrogens is 180 g/mol. The third kappa shape index (κ3) is 4.64. The van der Waals surface area contributed by atoms with Gasteiger partial charge in [0, 0.05) is 0 Å². The van der Waals surface area contributed by atoms with Gasteiger partial charge >= 0.3 is 0 Å². The second-order valence-electron chi connectivity index (χ2n) is 3.13. The first-order valence-electron chi connectivity index (χ1n) is 5.66. The van der Waals surface area contributed by atoms with Crippen LogP contribution < -0.4 is 0 Å². The highest BCUT2D eigenvalue weighted by molar-refractivity contribution is 5.58. The summed E-state index contributed by atoms with van der Waals surface area (Å²) in [5, 5.41) is 0. The van der Waals surface area contributed by atoms with Gasteiger partial charge in [0.25, 0.3) is 0 Å². The van der Waals surface area contributed by atoms with Crippen molar-refractivity contribution in [1.82, 2.24) is 0 Å². The Morgan fingerprint density at radius 3 is 2.33 bits per heavy atom. The molecule has 0 saturated carbocycles. The molecule has 0 bridgehead atoms. The Labute approximate surface area is 94.3 Å². The molecule has 15 heavy (non-hydrogen) atoms. The minimum atomic E-state index is 1.04. The highest BCUT2D eigenvalue weighted by atomic mass is 14.0. The second kappa shape index (κ2) is 8.05. The lowest BCUT2D eigenvalue weighted by molar-refractivity contribution is 1.16. The number of benzene rings is 1. The first kappa shape index (κ1) is 13.7. The van der Waals surface area contributed by atoms with Gasteiger partial charge in [0.2, 0.25) is 0 Å². The van der Waals surface area contributed by atoms with Crippen molar-refractivity contribution < 1.29 is 0 Å². The Morgan fingerprint density at radius 1 is 1.27 bits per heavy atom. The van der Waals surface area contributed by atoms with Crippen molar-refractivity contribution in [3.63, 3.8) is 0 Å². The predicted octanol–water partition coefficient (Wildman–Crippen LogP) is 5.00. The van der Waals surface area contributed by atoms with Crippen LogP contribution in [0.2, 0.25) is 0 Å². The van der Waals surface area contributed by atoms with E-state index < -0.39 is 0 Å². The van der Waals surface area contributed by atoms with Gasteiger partial charge in [-0.1, -0.05) is 63.8 Å². The molecule has 0 aliphatic rings. The molecule has 82 valence electrons. The lowest BCUT2D eigenvalue weighted by atomic mass is 10.0. The van der Waals surface area contributed by atoms with Crippen molar-refractivity contribution >= 4 is 6.08 Å². The maximum Gasteiger partial charge on any atom is -0.0225 e. The van der Waals surface area contributed by atoms with Crippen LogP contribution in [0.1, 0.15) is 38.3 Å². The van der Waals surface area contributed by atoms with Gasteiger partial charge in [0.05, 0.1) is 0 Å². The van der Waals surface area contributed by atoms with Gasteiger partial charge in [-0.25, -0.2) is 0 Å². The van der Waals surface area contributed by atoms with Crippen LogP contribution in [0.25, 0.3) is 6.08 Å². The Bertz CT molecular complexity index is 319. The van der Waals surface area contributed by atoms with E-state index in [4.69, 9.17) is 0 Å². The number of hydrogen-bond acceptors (Lipinski definition) is 0. The van der Waals surface area contributed by atoms with Gasteiger partial charge in [0.15, 0.2) is 0 Å². The van der Waals surface area contributed by atoms with Gasteiger partial charge in [-0.15, -0.1) is 0 Å². The molecule has 0 heterocycles. The van der Waals surface area contributed by atoms with Crippen LogP contribution in [0.4, 0.5) is 0 Å². The lowest BCUT2D eigenvalue weighted by Crippen LogP contribution is -1.81. The van der Waals surface area contributed by atoms with Gasteiger partial charge in [-0.05, 0) is 30.0 Å². The fraction of sp³-hybridized carbons (Fsp3) is 0.333. The lowest BCUT2D eigenvalue weighted by Gasteiger charge is -2.01. The summed E-state index contributed by atoms with van der Waals surface area (Å²) in [5.74, 6) is 0. The third-order valence-corrected chi connectivity index (χ3v) is 2.20. The molecular formula is C15H22. The number of allylic oxidation sites excluding steroid dienone is 2. The average Bonchev–Trinajstić information content (AvgIpc) is 2.31. The summed E-state index contributed by atoms with van der Waals surface area (Å²) < 4.78 is 0. The molecule has 1 aromatic rings. The van der Waals surface area contributed by atoms with Crippen molar-refractivity contribution in [2.45, 2.75) is 34.1 Å². The van der Waals surface area contributed by atoms with E-state index in [1.54, 1.807) is 0 Å². The fourth-order valence-electron chi connectivity index (χ4n) is 1.25. The Hall–Kier alpha value is -1.30. The zero-order valence-corrected chi connectivity index (χ0v) is 10.4. The predicted molar refractivity (Wildman–Crippen MR) is 71.0 cm³/mol. The summed E-state index contributed by atoms with van der Waals surface area (Å²) in [6.07, 6.45) is 5.16. The number of aryl methyl sites for hydroxylation is 1. The molecule has 0 unspecified atom stereocenters. The molecule has 0 aliphatic carbocycles. The summed E-state index contributed by atoms with van der Waals surface area (Å²) in [5.41, 5.74) is 3.89. The second-order valence-corrected chi connectivity index (χ2v) is 3.13. The Kier molecular flexibility index (Phi) is 7.35. The monoisotopic (exact) mass is 202 g/mol. The molecule has 0 N–H and O–H groups in total. The summed E-state index contributed by atoms with van der Waals surface area (Å²) in [7, 11) is 0. The number of hydrogen-bond donors (Lipinski definition) is 0. The van der Waals surface area contributed by atoms with Gasteiger partial charge in [-0.3, -0.25) is 0 Å². The van der Waals surface area contributed by atoms with E-state index in [1.807, 2.05) is 19.9 Å². The molecule has 0 atom stereocenters. The van der Waals surface area contributed by atoms with Crippen LogP contribution in [0.3, 0.4) is 0 Å². The van der Waals surface area contributed by atoms with E-state index in [9.17, 15) is 0 Å². The van der Waals surface area contributed by atoms with Crippen LogP contribution in [0.15, 0.2) is 42.5 Å². The van der Waals surface area contributed by atoms with Crippen molar-refractivity contribution in [3.05, 3.63) is 53.6 Å². The molecule has 0 aliphatic heterocycles. The standard InChI is InChI=1S/C13H16.C2H6/c1-4-12(5-2)10-13-9-7-6-8-11(13)3;1-2/h4,6-10H,1,5H2,2-3H3;1-2H3/b12-10+;. The van der Waals surface area contributed by atoms with Crippen molar-refractivity contribution in [3.8, 4) is 0 Å². The minimum absolute atomic E-state index is 1.04. The number of rotatable bonds is 3. The van der Waals surface area contributed by atoms with Crippen LogP contribution in [0, 0.1) is 6.92 Å².